The molecule has 0 aliphatic heterocycles. The molecule has 4 nitrogen and oxygen atoms in total. The lowest BCUT2D eigenvalue weighted by Gasteiger charge is -2.15. The van der Waals surface area contributed by atoms with Crippen molar-refractivity contribution in [1.29, 1.82) is 0 Å². The van der Waals surface area contributed by atoms with Gasteiger partial charge in [0.15, 0.2) is 11.5 Å². The Labute approximate surface area is 126 Å². The minimum Gasteiger partial charge on any atom is -0.490 e. The maximum Gasteiger partial charge on any atom is 0.167 e. The van der Waals surface area contributed by atoms with E-state index < -0.39 is 0 Å². The number of rotatable bonds is 8. The van der Waals surface area contributed by atoms with Gasteiger partial charge in [0.05, 0.1) is 12.7 Å². The van der Waals surface area contributed by atoms with Gasteiger partial charge in [-0.2, -0.15) is 0 Å². The SMILES string of the molecule is C#CCOc1c(CNCC(C)O)cccc1OCC.Cl. The average Bonchev–Trinajstić information content (AvgIpc) is 2.38. The third kappa shape index (κ3) is 6.16. The first-order chi connectivity index (χ1) is 9.19. The Morgan fingerprint density at radius 2 is 2.15 bits per heavy atom. The number of terminal acetylenes is 1. The fraction of sp³-hybridized carbons (Fsp3) is 0.467. The quantitative estimate of drug-likeness (QED) is 0.721. The van der Waals surface area contributed by atoms with Crippen LogP contribution in [0, 0.1) is 12.3 Å². The van der Waals surface area contributed by atoms with E-state index in [0.29, 0.717) is 31.2 Å². The molecule has 0 saturated heterocycles. The minimum absolute atomic E-state index is 0. The Kier molecular flexibility index (Phi) is 9.65. The van der Waals surface area contributed by atoms with E-state index in [4.69, 9.17) is 15.9 Å². The van der Waals surface area contributed by atoms with E-state index >= 15 is 0 Å². The predicted molar refractivity (Wildman–Crippen MR) is 82.6 cm³/mol. The summed E-state index contributed by atoms with van der Waals surface area (Å²) in [5, 5.41) is 12.4. The van der Waals surface area contributed by atoms with Crippen LogP contribution in [0.3, 0.4) is 0 Å². The Morgan fingerprint density at radius 3 is 2.75 bits per heavy atom. The van der Waals surface area contributed by atoms with E-state index in [2.05, 4.69) is 11.2 Å². The molecule has 112 valence electrons. The van der Waals surface area contributed by atoms with Gasteiger partial charge in [0.25, 0.3) is 0 Å². The molecule has 0 spiro atoms. The summed E-state index contributed by atoms with van der Waals surface area (Å²) in [4.78, 5) is 0. The molecule has 0 bridgehead atoms. The zero-order valence-corrected chi connectivity index (χ0v) is 12.7. The third-order valence-electron chi connectivity index (χ3n) is 2.42. The van der Waals surface area contributed by atoms with Gasteiger partial charge in [-0.3, -0.25) is 0 Å². The van der Waals surface area contributed by atoms with Gasteiger partial charge >= 0.3 is 0 Å². The Bertz CT molecular complexity index is 430. The molecule has 0 aliphatic carbocycles. The molecule has 1 aromatic rings. The highest BCUT2D eigenvalue weighted by Crippen LogP contribution is 2.31. The normalized spacial score (nSPS) is 11.1. The Morgan fingerprint density at radius 1 is 1.40 bits per heavy atom. The lowest BCUT2D eigenvalue weighted by atomic mass is 10.2. The maximum atomic E-state index is 9.23. The number of aliphatic hydroxyl groups is 1. The lowest BCUT2D eigenvalue weighted by Crippen LogP contribution is -2.24. The second-order valence-corrected chi connectivity index (χ2v) is 4.15. The van der Waals surface area contributed by atoms with Gasteiger partial charge in [0.2, 0.25) is 0 Å². The van der Waals surface area contributed by atoms with Crippen LogP contribution < -0.4 is 14.8 Å². The monoisotopic (exact) mass is 299 g/mol. The summed E-state index contributed by atoms with van der Waals surface area (Å²) in [6, 6.07) is 5.71. The predicted octanol–water partition coefficient (Wildman–Crippen LogP) is 1.99. The zero-order valence-electron chi connectivity index (χ0n) is 11.9. The molecule has 1 rings (SSSR count). The van der Waals surface area contributed by atoms with E-state index in [9.17, 15) is 5.11 Å². The van der Waals surface area contributed by atoms with Crippen molar-refractivity contribution in [3.63, 3.8) is 0 Å². The molecule has 1 atom stereocenters. The highest BCUT2D eigenvalue weighted by Gasteiger charge is 2.10. The van der Waals surface area contributed by atoms with Crippen molar-refractivity contribution in [2.24, 2.45) is 0 Å². The number of halogens is 1. The van der Waals surface area contributed by atoms with Crippen molar-refractivity contribution in [2.45, 2.75) is 26.5 Å². The molecule has 2 N–H and O–H groups in total. The smallest absolute Gasteiger partial charge is 0.167 e. The highest BCUT2D eigenvalue weighted by molar-refractivity contribution is 5.85. The number of benzene rings is 1. The highest BCUT2D eigenvalue weighted by atomic mass is 35.5. The first-order valence-electron chi connectivity index (χ1n) is 6.38. The summed E-state index contributed by atoms with van der Waals surface area (Å²) in [7, 11) is 0. The summed E-state index contributed by atoms with van der Waals surface area (Å²) < 4.78 is 11.1. The van der Waals surface area contributed by atoms with E-state index in [1.54, 1.807) is 6.92 Å². The van der Waals surface area contributed by atoms with Crippen LogP contribution in [0.2, 0.25) is 0 Å². The molecule has 20 heavy (non-hydrogen) atoms. The number of nitrogens with one attached hydrogen (secondary N) is 1. The van der Waals surface area contributed by atoms with Crippen LogP contribution in [-0.4, -0.2) is 31.0 Å². The number of hydrogen-bond acceptors (Lipinski definition) is 4. The van der Waals surface area contributed by atoms with E-state index in [1.807, 2.05) is 25.1 Å². The van der Waals surface area contributed by atoms with Gasteiger partial charge in [0, 0.05) is 18.7 Å². The average molecular weight is 300 g/mol. The zero-order chi connectivity index (χ0) is 14.1. The molecule has 0 aliphatic rings. The summed E-state index contributed by atoms with van der Waals surface area (Å²) in [5.74, 6) is 3.80. The first-order valence-corrected chi connectivity index (χ1v) is 6.38. The van der Waals surface area contributed by atoms with E-state index in [-0.39, 0.29) is 25.1 Å². The van der Waals surface area contributed by atoms with Gasteiger partial charge in [-0.15, -0.1) is 18.8 Å². The van der Waals surface area contributed by atoms with Crippen molar-refractivity contribution < 1.29 is 14.6 Å². The van der Waals surface area contributed by atoms with E-state index in [1.165, 1.54) is 0 Å². The molecule has 0 radical (unpaired) electrons. The molecular formula is C15H22ClNO3. The van der Waals surface area contributed by atoms with Crippen molar-refractivity contribution in [2.75, 3.05) is 19.8 Å². The van der Waals surface area contributed by atoms with Crippen LogP contribution in [0.4, 0.5) is 0 Å². The van der Waals surface area contributed by atoms with Gasteiger partial charge in [0.1, 0.15) is 6.61 Å². The third-order valence-corrected chi connectivity index (χ3v) is 2.42. The number of ether oxygens (including phenoxy) is 2. The molecule has 5 heteroatoms. The van der Waals surface area contributed by atoms with Crippen LogP contribution in [0.15, 0.2) is 18.2 Å². The lowest BCUT2D eigenvalue weighted by molar-refractivity contribution is 0.190. The molecular weight excluding hydrogens is 278 g/mol. The molecule has 0 saturated carbocycles. The Balaban J connectivity index is 0.00000361. The fourth-order valence-corrected chi connectivity index (χ4v) is 1.66. The maximum absolute atomic E-state index is 9.23. The van der Waals surface area contributed by atoms with Crippen LogP contribution in [-0.2, 0) is 6.54 Å². The van der Waals surface area contributed by atoms with Gasteiger partial charge < -0.3 is 19.9 Å². The summed E-state index contributed by atoms with van der Waals surface area (Å²) in [6.45, 7) is 5.53. The minimum atomic E-state index is -0.384. The topological polar surface area (TPSA) is 50.7 Å². The molecule has 0 amide bonds. The first kappa shape index (κ1) is 18.6. The van der Waals surface area contributed by atoms with Crippen molar-refractivity contribution >= 4 is 12.4 Å². The molecule has 0 heterocycles. The largest absolute Gasteiger partial charge is 0.490 e. The van der Waals surface area contributed by atoms with Gasteiger partial charge in [-0.25, -0.2) is 0 Å². The summed E-state index contributed by atoms with van der Waals surface area (Å²) in [5.41, 5.74) is 0.960. The summed E-state index contributed by atoms with van der Waals surface area (Å²) in [6.07, 6.45) is 4.84. The van der Waals surface area contributed by atoms with Crippen molar-refractivity contribution in [3.8, 4) is 23.8 Å². The number of hydrogen-bond donors (Lipinski definition) is 2. The second-order valence-electron chi connectivity index (χ2n) is 4.15. The van der Waals surface area contributed by atoms with Crippen molar-refractivity contribution in [3.05, 3.63) is 23.8 Å². The van der Waals surface area contributed by atoms with E-state index in [0.717, 1.165) is 5.56 Å². The van der Waals surface area contributed by atoms with Gasteiger partial charge in [-0.1, -0.05) is 18.1 Å². The number of aliphatic hydroxyl groups excluding tert-OH is 1. The number of para-hydroxylation sites is 1. The van der Waals surface area contributed by atoms with Crippen LogP contribution >= 0.6 is 12.4 Å². The van der Waals surface area contributed by atoms with Crippen LogP contribution in [0.5, 0.6) is 11.5 Å². The Hall–Kier alpha value is -1.41. The van der Waals surface area contributed by atoms with Gasteiger partial charge in [-0.05, 0) is 19.9 Å². The molecule has 0 aromatic heterocycles. The molecule has 1 aromatic carbocycles. The van der Waals surface area contributed by atoms with Crippen LogP contribution in [0.25, 0.3) is 0 Å². The van der Waals surface area contributed by atoms with Crippen molar-refractivity contribution in [1.82, 2.24) is 5.32 Å². The van der Waals surface area contributed by atoms with Crippen LogP contribution in [0.1, 0.15) is 19.4 Å². The molecule has 1 unspecified atom stereocenters. The standard InChI is InChI=1S/C15H21NO3.ClH/c1-4-9-19-15-13(11-16-10-12(3)17)7-6-8-14(15)18-5-2;/h1,6-8,12,16-17H,5,9-11H2,2-3H3;1H. The second kappa shape index (κ2) is 10.4. The summed E-state index contributed by atoms with van der Waals surface area (Å²) >= 11 is 0. The fourth-order valence-electron chi connectivity index (χ4n) is 1.66. The molecule has 0 fully saturated rings.